The number of ether oxygens (including phenoxy) is 1. The largest absolute Gasteiger partial charge is 0.478 e. The molecule has 3 aliphatic rings. The summed E-state index contributed by atoms with van der Waals surface area (Å²) in [7, 11) is 0. The number of ketones is 2. The number of carbonyl (C=O) groups is 2. The Bertz CT molecular complexity index is 547. The lowest BCUT2D eigenvalue weighted by atomic mass is 10.0. The molecule has 4 nitrogen and oxygen atoms in total. The fraction of sp³-hybridized carbons (Fsp3) is 0.0833. The van der Waals surface area contributed by atoms with Gasteiger partial charge in [-0.25, -0.2) is 4.99 Å². The maximum absolute atomic E-state index is 11.2. The third-order valence-corrected chi connectivity index (χ3v) is 2.48. The number of carbonyl (C=O) groups excluding carboxylic acids is 2. The van der Waals surface area contributed by atoms with Crippen LogP contribution in [-0.2, 0) is 14.3 Å². The Kier molecular flexibility index (Phi) is 1.77. The monoisotopic (exact) mass is 213 g/mol. The van der Waals surface area contributed by atoms with E-state index in [-0.39, 0.29) is 6.10 Å². The number of rotatable bonds is 0. The number of hydrogen-bond donors (Lipinski definition) is 0. The SMILES string of the molecule is O=C1C=C2N=C3C=CC=CC3OC2=CC1=O. The summed E-state index contributed by atoms with van der Waals surface area (Å²) < 4.78 is 5.56. The van der Waals surface area contributed by atoms with E-state index in [1.54, 1.807) is 0 Å². The summed E-state index contributed by atoms with van der Waals surface area (Å²) in [6.07, 6.45) is 9.53. The van der Waals surface area contributed by atoms with Gasteiger partial charge in [-0.3, -0.25) is 9.59 Å². The third-order valence-electron chi connectivity index (χ3n) is 2.48. The van der Waals surface area contributed by atoms with Crippen molar-refractivity contribution in [2.45, 2.75) is 6.10 Å². The molecule has 0 saturated carbocycles. The minimum absolute atomic E-state index is 0.255. The Morgan fingerprint density at radius 3 is 2.81 bits per heavy atom. The number of allylic oxidation sites excluding steroid dienone is 4. The Morgan fingerprint density at radius 1 is 1.12 bits per heavy atom. The maximum Gasteiger partial charge on any atom is 0.229 e. The van der Waals surface area contributed by atoms with E-state index < -0.39 is 11.6 Å². The van der Waals surface area contributed by atoms with Crippen LogP contribution in [0.3, 0.4) is 0 Å². The van der Waals surface area contributed by atoms with E-state index in [2.05, 4.69) is 4.99 Å². The molecule has 1 unspecified atom stereocenters. The molecule has 0 spiro atoms. The van der Waals surface area contributed by atoms with Gasteiger partial charge in [0.2, 0.25) is 11.6 Å². The summed E-state index contributed by atoms with van der Waals surface area (Å²) in [6.45, 7) is 0. The lowest BCUT2D eigenvalue weighted by Crippen LogP contribution is -2.29. The zero-order valence-electron chi connectivity index (χ0n) is 8.21. The molecule has 0 amide bonds. The minimum atomic E-state index is -0.562. The predicted molar refractivity (Wildman–Crippen MR) is 56.8 cm³/mol. The lowest BCUT2D eigenvalue weighted by Gasteiger charge is -2.26. The van der Waals surface area contributed by atoms with Crippen molar-refractivity contribution in [3.8, 4) is 0 Å². The van der Waals surface area contributed by atoms with Crippen molar-refractivity contribution in [2.75, 3.05) is 0 Å². The molecular weight excluding hydrogens is 206 g/mol. The Balaban J connectivity index is 2.09. The molecule has 2 aliphatic carbocycles. The van der Waals surface area contributed by atoms with Crippen molar-refractivity contribution < 1.29 is 14.3 Å². The van der Waals surface area contributed by atoms with Crippen LogP contribution in [0.2, 0.25) is 0 Å². The standard InChI is InChI=1S/C12H7NO3/c14-9-5-8-12(6-10(9)15)16-11-4-2-1-3-7(11)13-8/h1-6,11H. The van der Waals surface area contributed by atoms with Crippen LogP contribution in [0.25, 0.3) is 0 Å². The quantitative estimate of drug-likeness (QED) is 0.443. The van der Waals surface area contributed by atoms with E-state index in [0.717, 1.165) is 5.71 Å². The van der Waals surface area contributed by atoms with E-state index in [4.69, 9.17) is 4.74 Å². The topological polar surface area (TPSA) is 55.7 Å². The first-order chi connectivity index (χ1) is 7.74. The highest BCUT2D eigenvalue weighted by Crippen LogP contribution is 2.27. The normalized spacial score (nSPS) is 26.2. The summed E-state index contributed by atoms with van der Waals surface area (Å²) >= 11 is 0. The van der Waals surface area contributed by atoms with Crippen molar-refractivity contribution in [1.82, 2.24) is 0 Å². The van der Waals surface area contributed by atoms with Crippen LogP contribution in [0.5, 0.6) is 0 Å². The van der Waals surface area contributed by atoms with E-state index in [9.17, 15) is 9.59 Å². The zero-order valence-corrected chi connectivity index (χ0v) is 8.21. The van der Waals surface area contributed by atoms with Gasteiger partial charge in [0, 0.05) is 12.2 Å². The highest BCUT2D eigenvalue weighted by molar-refractivity contribution is 6.46. The van der Waals surface area contributed by atoms with E-state index in [0.29, 0.717) is 11.5 Å². The molecule has 0 bridgehead atoms. The molecule has 0 aromatic carbocycles. The van der Waals surface area contributed by atoms with Gasteiger partial charge in [0.05, 0.1) is 5.71 Å². The first-order valence-electron chi connectivity index (χ1n) is 4.86. The molecule has 1 heterocycles. The van der Waals surface area contributed by atoms with Gasteiger partial charge in [0.15, 0.2) is 11.9 Å². The van der Waals surface area contributed by atoms with Gasteiger partial charge in [-0.15, -0.1) is 0 Å². The van der Waals surface area contributed by atoms with Gasteiger partial charge in [-0.05, 0) is 12.2 Å². The second-order valence-corrected chi connectivity index (χ2v) is 3.59. The van der Waals surface area contributed by atoms with Crippen molar-refractivity contribution >= 4 is 17.3 Å². The first kappa shape index (κ1) is 9.03. The lowest BCUT2D eigenvalue weighted by molar-refractivity contribution is -0.131. The van der Waals surface area contributed by atoms with Crippen molar-refractivity contribution in [1.29, 1.82) is 0 Å². The molecule has 4 heteroatoms. The Hall–Kier alpha value is -2.23. The van der Waals surface area contributed by atoms with Crippen molar-refractivity contribution in [3.63, 3.8) is 0 Å². The van der Waals surface area contributed by atoms with Crippen LogP contribution in [0.15, 0.2) is 52.9 Å². The molecule has 0 radical (unpaired) electrons. The highest BCUT2D eigenvalue weighted by atomic mass is 16.5. The van der Waals surface area contributed by atoms with Crippen molar-refractivity contribution in [2.24, 2.45) is 4.99 Å². The van der Waals surface area contributed by atoms with E-state index in [1.165, 1.54) is 12.2 Å². The maximum atomic E-state index is 11.2. The zero-order chi connectivity index (χ0) is 11.1. The minimum Gasteiger partial charge on any atom is -0.478 e. The Labute approximate surface area is 91.3 Å². The van der Waals surface area contributed by atoms with Gasteiger partial charge < -0.3 is 4.74 Å². The van der Waals surface area contributed by atoms with Gasteiger partial charge in [0.25, 0.3) is 0 Å². The summed E-state index contributed by atoms with van der Waals surface area (Å²) in [5.41, 5.74) is 1.17. The van der Waals surface area contributed by atoms with Gasteiger partial charge in [-0.1, -0.05) is 12.2 Å². The van der Waals surface area contributed by atoms with Crippen LogP contribution in [0.4, 0.5) is 0 Å². The predicted octanol–water partition coefficient (Wildman–Crippen LogP) is 0.872. The van der Waals surface area contributed by atoms with Gasteiger partial charge >= 0.3 is 0 Å². The second-order valence-electron chi connectivity index (χ2n) is 3.59. The van der Waals surface area contributed by atoms with Crippen LogP contribution in [-0.4, -0.2) is 23.4 Å². The molecule has 0 fully saturated rings. The number of fused-ring (bicyclic) bond motifs is 2. The second kappa shape index (κ2) is 3.13. The van der Waals surface area contributed by atoms with Gasteiger partial charge in [0.1, 0.15) is 5.70 Å². The summed E-state index contributed by atoms with van der Waals surface area (Å²) in [5, 5.41) is 0. The molecule has 0 N–H and O–H groups in total. The Morgan fingerprint density at radius 2 is 1.94 bits per heavy atom. The molecule has 3 rings (SSSR count). The molecule has 0 saturated heterocycles. The average Bonchev–Trinajstić information content (AvgIpc) is 2.28. The fourth-order valence-corrected chi connectivity index (χ4v) is 1.70. The van der Waals surface area contributed by atoms with E-state index >= 15 is 0 Å². The smallest absolute Gasteiger partial charge is 0.229 e. The van der Waals surface area contributed by atoms with Gasteiger partial charge in [-0.2, -0.15) is 0 Å². The summed E-state index contributed by atoms with van der Waals surface area (Å²) in [6, 6.07) is 0. The van der Waals surface area contributed by atoms with Crippen molar-refractivity contribution in [3.05, 3.63) is 47.9 Å². The first-order valence-corrected chi connectivity index (χ1v) is 4.86. The van der Waals surface area contributed by atoms with Crippen LogP contribution in [0, 0.1) is 0 Å². The molecule has 1 aliphatic heterocycles. The summed E-state index contributed by atoms with van der Waals surface area (Å²) in [5.74, 6) is -0.744. The molecular formula is C12H7NO3. The van der Waals surface area contributed by atoms with E-state index in [1.807, 2.05) is 24.3 Å². The third kappa shape index (κ3) is 1.27. The fourth-order valence-electron chi connectivity index (χ4n) is 1.70. The number of hydrogen-bond acceptors (Lipinski definition) is 4. The highest BCUT2D eigenvalue weighted by Gasteiger charge is 2.29. The van der Waals surface area contributed by atoms with Crippen LogP contribution >= 0.6 is 0 Å². The number of aliphatic imine (C=N–C) groups is 1. The average molecular weight is 213 g/mol. The van der Waals surface area contributed by atoms with Crippen LogP contribution in [0.1, 0.15) is 0 Å². The summed E-state index contributed by atoms with van der Waals surface area (Å²) in [4.78, 5) is 26.6. The molecule has 0 aromatic heterocycles. The molecule has 1 atom stereocenters. The number of nitrogens with zero attached hydrogens (tertiary/aromatic N) is 1. The molecule has 16 heavy (non-hydrogen) atoms. The molecule has 78 valence electrons. The van der Waals surface area contributed by atoms with Crippen LogP contribution < -0.4 is 0 Å². The molecule has 0 aromatic rings.